The summed E-state index contributed by atoms with van der Waals surface area (Å²) in [5.74, 6) is -2.76. The second-order valence-electron chi connectivity index (χ2n) is 1.80. The van der Waals surface area contributed by atoms with Crippen molar-refractivity contribution in [2.75, 3.05) is 0 Å². The molecule has 0 amide bonds. The Hall–Kier alpha value is 0.364. The van der Waals surface area contributed by atoms with Gasteiger partial charge in [0.2, 0.25) is 5.78 Å². The summed E-state index contributed by atoms with van der Waals surface area (Å²) in [5, 5.41) is 0. The molecule has 0 aliphatic heterocycles. The number of carbonyl (C=O) groups excluding carboxylic acids is 2. The molecule has 71 valence electrons. The van der Waals surface area contributed by atoms with Crippen molar-refractivity contribution >= 4 is 11.6 Å². The van der Waals surface area contributed by atoms with Crippen LogP contribution in [0, 0.1) is 36.9 Å². The van der Waals surface area contributed by atoms with Crippen molar-refractivity contribution in [3.63, 3.8) is 0 Å². The molecule has 0 saturated heterocycles. The Balaban J connectivity index is 0. The monoisotopic (exact) mass is 323 g/mol. The SMILES string of the molecule is CC(=O)CC(=O)C(F)(F)F.[Tm]. The van der Waals surface area contributed by atoms with Gasteiger partial charge in [0.05, 0.1) is 6.42 Å². The van der Waals surface area contributed by atoms with E-state index in [1.54, 1.807) is 0 Å². The van der Waals surface area contributed by atoms with Gasteiger partial charge in [0, 0.05) is 36.9 Å². The topological polar surface area (TPSA) is 34.1 Å². The van der Waals surface area contributed by atoms with Gasteiger partial charge in [-0.25, -0.2) is 0 Å². The number of rotatable bonds is 2. The fourth-order valence-corrected chi connectivity index (χ4v) is 0.326. The number of ketones is 2. The van der Waals surface area contributed by atoms with Crippen LogP contribution in [0.4, 0.5) is 13.2 Å². The average Bonchev–Trinajstić information content (AvgIpc) is 1.60. The Labute approximate surface area is 90.3 Å². The number of hydrogen-bond acceptors (Lipinski definition) is 2. The van der Waals surface area contributed by atoms with Gasteiger partial charge in [0.25, 0.3) is 0 Å². The summed E-state index contributed by atoms with van der Waals surface area (Å²) in [4.78, 5) is 19.9. The summed E-state index contributed by atoms with van der Waals surface area (Å²) in [6.45, 7) is 0.934. The number of halogens is 3. The number of alkyl halides is 3. The van der Waals surface area contributed by atoms with Gasteiger partial charge in [-0.2, -0.15) is 13.2 Å². The standard InChI is InChI=1S/C5H5F3O2.Tm/c1-3(9)2-4(10)5(6,7)8;/h2H2,1H3;. The molecule has 0 unspecified atom stereocenters. The van der Waals surface area contributed by atoms with Crippen LogP contribution >= 0.6 is 0 Å². The number of hydrogen-bond donors (Lipinski definition) is 0. The van der Waals surface area contributed by atoms with Crippen LogP contribution < -0.4 is 0 Å². The molecule has 0 spiro atoms. The summed E-state index contributed by atoms with van der Waals surface area (Å²) in [7, 11) is 0. The summed E-state index contributed by atoms with van der Waals surface area (Å²) in [5.41, 5.74) is 0. The second-order valence-corrected chi connectivity index (χ2v) is 1.80. The van der Waals surface area contributed by atoms with E-state index >= 15 is 0 Å². The molecule has 0 bridgehead atoms. The Kier molecular flexibility index (Phi) is 6.44. The molecule has 2 nitrogen and oxygen atoms in total. The van der Waals surface area contributed by atoms with E-state index in [0.29, 0.717) is 0 Å². The quantitative estimate of drug-likeness (QED) is 0.713. The third-order valence-corrected chi connectivity index (χ3v) is 0.726. The van der Waals surface area contributed by atoms with Crippen LogP contribution in [0.1, 0.15) is 13.3 Å². The van der Waals surface area contributed by atoms with E-state index in [0.717, 1.165) is 6.92 Å². The number of Topliss-reactive ketones (excluding diaryl/α,β-unsaturated/α-hetero) is 2. The molecule has 0 aliphatic rings. The van der Waals surface area contributed by atoms with Gasteiger partial charge in [0.15, 0.2) is 0 Å². The summed E-state index contributed by atoms with van der Waals surface area (Å²) in [6, 6.07) is 0. The minimum atomic E-state index is -4.87. The molecule has 0 heterocycles. The Morgan fingerprint density at radius 2 is 1.64 bits per heavy atom. The predicted octanol–water partition coefficient (Wildman–Crippen LogP) is 1.10. The van der Waals surface area contributed by atoms with Crippen molar-refractivity contribution in [2.45, 2.75) is 19.5 Å². The van der Waals surface area contributed by atoms with Crippen LogP contribution in [-0.4, -0.2) is 17.7 Å². The Bertz CT molecular complexity index is 164. The molecule has 6 heteroatoms. The van der Waals surface area contributed by atoms with E-state index < -0.39 is 24.2 Å². The third-order valence-electron chi connectivity index (χ3n) is 0.726. The van der Waals surface area contributed by atoms with Crippen molar-refractivity contribution in [1.82, 2.24) is 0 Å². The first-order valence-electron chi connectivity index (χ1n) is 2.43. The molecule has 11 heavy (non-hydrogen) atoms. The Morgan fingerprint density at radius 1 is 1.27 bits per heavy atom. The maximum absolute atomic E-state index is 11.3. The zero-order valence-electron chi connectivity index (χ0n) is 5.43. The first-order valence-corrected chi connectivity index (χ1v) is 2.43. The minimum Gasteiger partial charge on any atom is -0.300 e. The molecule has 0 aromatic rings. The van der Waals surface area contributed by atoms with Crippen molar-refractivity contribution < 1.29 is 59.6 Å². The van der Waals surface area contributed by atoms with Crippen molar-refractivity contribution in [3.05, 3.63) is 0 Å². The average molecular weight is 323 g/mol. The summed E-state index contributed by atoms with van der Waals surface area (Å²) in [6.07, 6.45) is -5.92. The molecule has 0 aromatic heterocycles. The van der Waals surface area contributed by atoms with Gasteiger partial charge in [-0.05, 0) is 6.92 Å². The summed E-state index contributed by atoms with van der Waals surface area (Å²) < 4.78 is 33.9. The molecule has 0 aromatic carbocycles. The van der Waals surface area contributed by atoms with Crippen LogP contribution in [0.2, 0.25) is 0 Å². The van der Waals surface area contributed by atoms with E-state index in [-0.39, 0.29) is 36.9 Å². The largest absolute Gasteiger partial charge is 0.450 e. The molecular weight excluding hydrogens is 318 g/mol. The normalized spacial score (nSPS) is 10.2. The van der Waals surface area contributed by atoms with Crippen LogP contribution in [0.3, 0.4) is 0 Å². The zero-order valence-corrected chi connectivity index (χ0v) is 7.21. The molecule has 0 atom stereocenters. The van der Waals surface area contributed by atoms with E-state index in [9.17, 15) is 22.8 Å². The van der Waals surface area contributed by atoms with Crippen molar-refractivity contribution in [2.24, 2.45) is 0 Å². The maximum atomic E-state index is 11.3. The van der Waals surface area contributed by atoms with Crippen molar-refractivity contribution in [3.8, 4) is 0 Å². The summed E-state index contributed by atoms with van der Waals surface area (Å²) >= 11 is 0. The van der Waals surface area contributed by atoms with Gasteiger partial charge in [-0.1, -0.05) is 0 Å². The molecular formula is C5H5F3O2Tm. The van der Waals surface area contributed by atoms with Gasteiger partial charge < -0.3 is 0 Å². The van der Waals surface area contributed by atoms with Crippen molar-refractivity contribution in [1.29, 1.82) is 0 Å². The molecule has 1 radical (unpaired) electrons. The minimum absolute atomic E-state index is 0. The maximum Gasteiger partial charge on any atom is 0.450 e. The van der Waals surface area contributed by atoms with E-state index in [2.05, 4.69) is 0 Å². The van der Waals surface area contributed by atoms with Gasteiger partial charge in [-0.15, -0.1) is 0 Å². The van der Waals surface area contributed by atoms with E-state index in [1.165, 1.54) is 0 Å². The van der Waals surface area contributed by atoms with Crippen LogP contribution in [0.5, 0.6) is 0 Å². The zero-order chi connectivity index (χ0) is 8.36. The van der Waals surface area contributed by atoms with E-state index in [4.69, 9.17) is 0 Å². The van der Waals surface area contributed by atoms with Crippen LogP contribution in [0.15, 0.2) is 0 Å². The van der Waals surface area contributed by atoms with Crippen LogP contribution in [0.25, 0.3) is 0 Å². The second kappa shape index (κ2) is 5.09. The van der Waals surface area contributed by atoms with Crippen LogP contribution in [-0.2, 0) is 9.59 Å². The molecule has 0 N–H and O–H groups in total. The molecule has 0 saturated carbocycles. The fraction of sp³-hybridized carbons (Fsp3) is 0.600. The first-order chi connectivity index (χ1) is 4.34. The predicted molar refractivity (Wildman–Crippen MR) is 26.4 cm³/mol. The molecule has 0 aliphatic carbocycles. The van der Waals surface area contributed by atoms with E-state index in [1.807, 2.05) is 0 Å². The third kappa shape index (κ3) is 6.75. The van der Waals surface area contributed by atoms with Gasteiger partial charge in [0.1, 0.15) is 5.78 Å². The molecule has 0 fully saturated rings. The first kappa shape index (κ1) is 13.9. The van der Waals surface area contributed by atoms with Gasteiger partial charge in [-0.3, -0.25) is 9.59 Å². The van der Waals surface area contributed by atoms with Gasteiger partial charge >= 0.3 is 6.18 Å². The smallest absolute Gasteiger partial charge is 0.300 e. The number of carbonyl (C=O) groups is 2. The Morgan fingerprint density at radius 3 is 1.73 bits per heavy atom. The fourth-order valence-electron chi connectivity index (χ4n) is 0.326. The molecule has 0 rings (SSSR count).